The van der Waals surface area contributed by atoms with Crippen LogP contribution >= 0.6 is 0 Å². The average molecular weight is 187 g/mol. The number of ether oxygens (including phenoxy) is 1. The Hall–Kier alpha value is -0.610. The summed E-state index contributed by atoms with van der Waals surface area (Å²) in [7, 11) is 1.52. The smallest absolute Gasteiger partial charge is 0.246 e. The van der Waals surface area contributed by atoms with Crippen LogP contribution in [0.25, 0.3) is 0 Å². The van der Waals surface area contributed by atoms with Gasteiger partial charge in [0.05, 0.1) is 0 Å². The molecule has 0 spiro atoms. The zero-order chi connectivity index (χ0) is 9.52. The second-order valence-corrected chi connectivity index (χ2v) is 3.35. The first-order valence-electron chi connectivity index (χ1n) is 4.75. The summed E-state index contributed by atoms with van der Waals surface area (Å²) >= 11 is 0. The summed E-state index contributed by atoms with van der Waals surface area (Å²) in [6.45, 7) is 0.110. The highest BCUT2D eigenvalue weighted by Gasteiger charge is 2.20. The number of hydrogen-bond donors (Lipinski definition) is 1. The Morgan fingerprint density at radius 3 is 2.69 bits per heavy atom. The van der Waals surface area contributed by atoms with Gasteiger partial charge in [0, 0.05) is 13.0 Å². The summed E-state index contributed by atoms with van der Waals surface area (Å²) in [5.74, 6) is 0.141. The lowest BCUT2D eigenvalue weighted by atomic mass is 9.89. The molecule has 4 nitrogen and oxygen atoms in total. The topological polar surface area (TPSA) is 47.6 Å². The lowest BCUT2D eigenvalue weighted by Gasteiger charge is -2.20. The molecule has 0 saturated heterocycles. The molecule has 0 atom stereocenters. The van der Waals surface area contributed by atoms with Crippen molar-refractivity contribution >= 4 is 5.91 Å². The maximum atomic E-state index is 11.4. The Morgan fingerprint density at radius 1 is 1.38 bits per heavy atom. The molecule has 0 aromatic heterocycles. The van der Waals surface area contributed by atoms with Gasteiger partial charge in [0.1, 0.15) is 0 Å². The van der Waals surface area contributed by atoms with E-state index in [1.807, 2.05) is 0 Å². The summed E-state index contributed by atoms with van der Waals surface area (Å²) in [6.07, 6.45) is 5.54. The summed E-state index contributed by atoms with van der Waals surface area (Å²) < 4.78 is 4.64. The fraction of sp³-hybridized carbons (Fsp3) is 0.889. The van der Waals surface area contributed by atoms with Gasteiger partial charge in [0.15, 0.2) is 6.79 Å². The van der Waals surface area contributed by atoms with Crippen molar-refractivity contribution in [1.82, 2.24) is 5.48 Å². The highest BCUT2D eigenvalue weighted by atomic mass is 16.8. The largest absolute Gasteiger partial charge is 0.356 e. The molecule has 4 heteroatoms. The molecule has 1 fully saturated rings. The van der Waals surface area contributed by atoms with Gasteiger partial charge in [-0.05, 0) is 12.8 Å². The van der Waals surface area contributed by atoms with Crippen LogP contribution in [-0.2, 0) is 14.4 Å². The van der Waals surface area contributed by atoms with E-state index in [1.165, 1.54) is 13.5 Å². The predicted molar refractivity (Wildman–Crippen MR) is 47.7 cm³/mol. The molecule has 0 bridgehead atoms. The number of hydrogen-bond acceptors (Lipinski definition) is 3. The molecular weight excluding hydrogens is 170 g/mol. The molecule has 0 aromatic rings. The number of carbonyl (C=O) groups excluding carboxylic acids is 1. The van der Waals surface area contributed by atoms with Crippen molar-refractivity contribution in [3.8, 4) is 0 Å². The summed E-state index contributed by atoms with van der Waals surface area (Å²) in [6, 6.07) is 0. The Balaban J connectivity index is 2.13. The summed E-state index contributed by atoms with van der Waals surface area (Å²) in [4.78, 5) is 16.2. The van der Waals surface area contributed by atoms with Gasteiger partial charge in [-0.15, -0.1) is 0 Å². The molecule has 1 aliphatic rings. The van der Waals surface area contributed by atoms with Crippen LogP contribution in [0.4, 0.5) is 0 Å². The minimum atomic E-state index is -0.00301. The van der Waals surface area contributed by atoms with Gasteiger partial charge in [-0.2, -0.15) is 0 Å². The van der Waals surface area contributed by atoms with Crippen molar-refractivity contribution in [3.05, 3.63) is 0 Å². The Labute approximate surface area is 78.5 Å². The monoisotopic (exact) mass is 187 g/mol. The van der Waals surface area contributed by atoms with E-state index in [1.54, 1.807) is 0 Å². The van der Waals surface area contributed by atoms with Gasteiger partial charge in [-0.1, -0.05) is 19.3 Å². The molecule has 1 rings (SSSR count). The second kappa shape index (κ2) is 5.94. The fourth-order valence-corrected chi connectivity index (χ4v) is 1.61. The first-order valence-corrected chi connectivity index (χ1v) is 4.75. The van der Waals surface area contributed by atoms with Crippen LogP contribution < -0.4 is 5.48 Å². The van der Waals surface area contributed by atoms with Crippen LogP contribution in [-0.4, -0.2) is 19.8 Å². The van der Waals surface area contributed by atoms with Gasteiger partial charge in [-0.25, -0.2) is 10.3 Å². The summed E-state index contributed by atoms with van der Waals surface area (Å²) in [5, 5.41) is 0. The third-order valence-corrected chi connectivity index (χ3v) is 2.33. The number of hydroxylamine groups is 1. The van der Waals surface area contributed by atoms with E-state index in [9.17, 15) is 4.79 Å². The number of methoxy groups -OCH3 is 1. The molecule has 76 valence electrons. The molecule has 1 N–H and O–H groups in total. The first kappa shape index (κ1) is 10.5. The number of rotatable bonds is 4. The van der Waals surface area contributed by atoms with Crippen LogP contribution in [0.15, 0.2) is 0 Å². The lowest BCUT2D eigenvalue weighted by Crippen LogP contribution is -2.32. The van der Waals surface area contributed by atoms with Crippen molar-refractivity contribution in [2.45, 2.75) is 32.1 Å². The molecular formula is C9H17NO3. The van der Waals surface area contributed by atoms with Crippen molar-refractivity contribution in [3.63, 3.8) is 0 Å². The fourth-order valence-electron chi connectivity index (χ4n) is 1.61. The van der Waals surface area contributed by atoms with E-state index in [-0.39, 0.29) is 18.6 Å². The zero-order valence-corrected chi connectivity index (χ0v) is 8.04. The van der Waals surface area contributed by atoms with Crippen LogP contribution in [0.2, 0.25) is 0 Å². The Bertz CT molecular complexity index is 155. The maximum absolute atomic E-state index is 11.4. The van der Waals surface area contributed by atoms with Gasteiger partial charge in [-0.3, -0.25) is 4.79 Å². The highest BCUT2D eigenvalue weighted by molar-refractivity contribution is 5.77. The maximum Gasteiger partial charge on any atom is 0.246 e. The second-order valence-electron chi connectivity index (χ2n) is 3.35. The number of amides is 1. The Morgan fingerprint density at radius 2 is 2.08 bits per heavy atom. The molecule has 0 aliphatic heterocycles. The van der Waals surface area contributed by atoms with Crippen LogP contribution in [0.5, 0.6) is 0 Å². The van der Waals surface area contributed by atoms with E-state index >= 15 is 0 Å². The molecule has 0 unspecified atom stereocenters. The SMILES string of the molecule is COCONC(=O)C1CCCCC1. The van der Waals surface area contributed by atoms with Crippen LogP contribution in [0.3, 0.4) is 0 Å². The van der Waals surface area contributed by atoms with Crippen molar-refractivity contribution in [2.24, 2.45) is 5.92 Å². The molecule has 0 heterocycles. The Kier molecular flexibility index (Phi) is 4.78. The molecule has 13 heavy (non-hydrogen) atoms. The standard InChI is InChI=1S/C9H17NO3/c1-12-7-13-10-9(11)8-5-3-2-4-6-8/h8H,2-7H2,1H3,(H,10,11). The minimum Gasteiger partial charge on any atom is -0.356 e. The molecule has 1 amide bonds. The van der Waals surface area contributed by atoms with Gasteiger partial charge in [0.25, 0.3) is 0 Å². The third kappa shape index (κ3) is 3.74. The normalized spacial score (nSPS) is 18.5. The van der Waals surface area contributed by atoms with E-state index in [4.69, 9.17) is 4.84 Å². The van der Waals surface area contributed by atoms with E-state index < -0.39 is 0 Å². The first-order chi connectivity index (χ1) is 6.34. The summed E-state index contributed by atoms with van der Waals surface area (Å²) in [5.41, 5.74) is 2.39. The van der Waals surface area contributed by atoms with Gasteiger partial charge < -0.3 is 4.74 Å². The van der Waals surface area contributed by atoms with Gasteiger partial charge in [0.2, 0.25) is 5.91 Å². The minimum absolute atomic E-state index is 0.00301. The molecule has 1 aliphatic carbocycles. The van der Waals surface area contributed by atoms with E-state index in [2.05, 4.69) is 10.2 Å². The van der Waals surface area contributed by atoms with Crippen LogP contribution in [0.1, 0.15) is 32.1 Å². The lowest BCUT2D eigenvalue weighted by molar-refractivity contribution is -0.149. The number of carbonyl (C=O) groups is 1. The zero-order valence-electron chi connectivity index (χ0n) is 8.04. The van der Waals surface area contributed by atoms with Crippen molar-refractivity contribution < 1.29 is 14.4 Å². The molecule has 0 aromatic carbocycles. The highest BCUT2D eigenvalue weighted by Crippen LogP contribution is 2.23. The van der Waals surface area contributed by atoms with Crippen molar-refractivity contribution in [2.75, 3.05) is 13.9 Å². The van der Waals surface area contributed by atoms with Gasteiger partial charge >= 0.3 is 0 Å². The molecule has 0 radical (unpaired) electrons. The van der Waals surface area contributed by atoms with E-state index in [0.29, 0.717) is 0 Å². The third-order valence-electron chi connectivity index (χ3n) is 2.33. The predicted octanol–water partition coefficient (Wildman–Crippen LogP) is 1.22. The molecule has 1 saturated carbocycles. The van der Waals surface area contributed by atoms with Crippen LogP contribution in [0, 0.1) is 5.92 Å². The number of nitrogens with one attached hydrogen (secondary N) is 1. The quantitative estimate of drug-likeness (QED) is 0.409. The van der Waals surface area contributed by atoms with E-state index in [0.717, 1.165) is 25.7 Å². The van der Waals surface area contributed by atoms with Crippen molar-refractivity contribution in [1.29, 1.82) is 0 Å². The average Bonchev–Trinajstić information content (AvgIpc) is 2.19.